The van der Waals surface area contributed by atoms with Crippen molar-refractivity contribution in [1.29, 1.82) is 0 Å². The van der Waals surface area contributed by atoms with Crippen molar-refractivity contribution in [3.8, 4) is 0 Å². The maximum Gasteiger partial charge on any atom is 0.317 e. The van der Waals surface area contributed by atoms with Gasteiger partial charge in [-0.3, -0.25) is 4.90 Å². The molecule has 2 saturated heterocycles. The van der Waals surface area contributed by atoms with E-state index in [-0.39, 0.29) is 11.8 Å². The lowest BCUT2D eigenvalue weighted by Gasteiger charge is -2.35. The van der Waals surface area contributed by atoms with Crippen LogP contribution in [0.3, 0.4) is 0 Å². The summed E-state index contributed by atoms with van der Waals surface area (Å²) in [6.07, 6.45) is 2.18. The summed E-state index contributed by atoms with van der Waals surface area (Å²) in [7, 11) is 0. The number of carbonyl (C=O) groups excluding carboxylic acids is 1. The molecule has 2 N–H and O–H groups in total. The molecule has 0 spiro atoms. The highest BCUT2D eigenvalue weighted by Gasteiger charge is 2.43. The molecule has 2 aliphatic heterocycles. The van der Waals surface area contributed by atoms with Gasteiger partial charge in [0.25, 0.3) is 0 Å². The van der Waals surface area contributed by atoms with Crippen LogP contribution in [0, 0.1) is 5.92 Å². The smallest absolute Gasteiger partial charge is 0.315 e. The van der Waals surface area contributed by atoms with Crippen molar-refractivity contribution >= 4 is 21.8 Å². The first kappa shape index (κ1) is 18.9. The van der Waals surface area contributed by atoms with Crippen molar-refractivity contribution < 1.29 is 9.69 Å². The van der Waals surface area contributed by atoms with Gasteiger partial charge in [-0.05, 0) is 30.0 Å². The number of halogens is 1. The lowest BCUT2D eigenvalue weighted by Crippen LogP contribution is -3.19. The molecule has 2 heterocycles. The Labute approximate surface area is 170 Å². The molecule has 4 rings (SSSR count). The Morgan fingerprint density at radius 3 is 2.56 bits per heavy atom. The summed E-state index contributed by atoms with van der Waals surface area (Å²) in [6, 6.07) is 19.5. The molecule has 142 valence electrons. The second-order valence-electron chi connectivity index (χ2n) is 8.07. The first-order valence-electron chi connectivity index (χ1n) is 10.0. The van der Waals surface area contributed by atoms with Crippen molar-refractivity contribution in [2.24, 2.45) is 5.92 Å². The highest BCUT2D eigenvalue weighted by molar-refractivity contribution is 9.10. The molecule has 0 saturated carbocycles. The second-order valence-corrected chi connectivity index (χ2v) is 8.92. The third-order valence-electron chi connectivity index (χ3n) is 6.44. The molecule has 2 aliphatic rings. The van der Waals surface area contributed by atoms with Crippen LogP contribution in [0.15, 0.2) is 59.1 Å². The molecule has 4 heteroatoms. The average molecular weight is 428 g/mol. The van der Waals surface area contributed by atoms with Crippen molar-refractivity contribution in [3.05, 3.63) is 70.2 Å². The molecule has 2 aromatic carbocycles. The van der Waals surface area contributed by atoms with Crippen LogP contribution < -0.4 is 10.2 Å². The van der Waals surface area contributed by atoms with Gasteiger partial charge in [-0.1, -0.05) is 64.5 Å². The van der Waals surface area contributed by atoms with Crippen LogP contribution in [0.4, 0.5) is 0 Å². The molecule has 1 unspecified atom stereocenters. The number of rotatable bonds is 3. The molecular formula is C23H28BrN2O+. The molecule has 0 bridgehead atoms. The number of piperidine rings is 1. The molecular weight excluding hydrogens is 400 g/mol. The average Bonchev–Trinajstić information content (AvgIpc) is 3.18. The Balaban J connectivity index is 1.47. The predicted octanol–water partition coefficient (Wildman–Crippen LogP) is 3.13. The van der Waals surface area contributed by atoms with Crippen molar-refractivity contribution in [2.45, 2.75) is 37.6 Å². The van der Waals surface area contributed by atoms with E-state index in [2.05, 4.69) is 76.7 Å². The van der Waals surface area contributed by atoms with Crippen LogP contribution in [-0.4, -0.2) is 31.6 Å². The van der Waals surface area contributed by atoms with Gasteiger partial charge in [-0.2, -0.15) is 0 Å². The lowest BCUT2D eigenvalue weighted by atomic mass is 9.83. The summed E-state index contributed by atoms with van der Waals surface area (Å²) in [5, 5.41) is 3.46. The number of hydrogen-bond donors (Lipinski definition) is 2. The third kappa shape index (κ3) is 3.89. The molecule has 0 aromatic heterocycles. The molecule has 2 aromatic rings. The number of amides is 1. The van der Waals surface area contributed by atoms with Gasteiger partial charge in [0.15, 0.2) is 0 Å². The van der Waals surface area contributed by atoms with Gasteiger partial charge >= 0.3 is 5.91 Å². The minimum atomic E-state index is 0.0643. The van der Waals surface area contributed by atoms with Crippen LogP contribution in [0.1, 0.15) is 42.7 Å². The quantitative estimate of drug-likeness (QED) is 0.788. The fourth-order valence-electron chi connectivity index (χ4n) is 4.95. The van der Waals surface area contributed by atoms with Crippen molar-refractivity contribution in [2.75, 3.05) is 19.6 Å². The molecule has 1 amide bonds. The lowest BCUT2D eigenvalue weighted by molar-refractivity contribution is -0.854. The van der Waals surface area contributed by atoms with E-state index < -0.39 is 0 Å². The topological polar surface area (TPSA) is 33.5 Å². The molecule has 5 atom stereocenters. The number of quaternary nitrogens is 1. The summed E-state index contributed by atoms with van der Waals surface area (Å²) < 4.78 is 1.11. The minimum Gasteiger partial charge on any atom is -0.315 e. The summed E-state index contributed by atoms with van der Waals surface area (Å²) in [5.74, 6) is 1.31. The second kappa shape index (κ2) is 8.26. The molecule has 2 fully saturated rings. The van der Waals surface area contributed by atoms with E-state index in [9.17, 15) is 4.79 Å². The van der Waals surface area contributed by atoms with E-state index in [0.717, 1.165) is 36.9 Å². The minimum absolute atomic E-state index is 0.0643. The van der Waals surface area contributed by atoms with Crippen molar-refractivity contribution in [3.63, 3.8) is 0 Å². The molecule has 3 nitrogen and oxygen atoms in total. The SMILES string of the molecule is C[C@H]1C[C@@H](c2ccccc2)CC[NH+]1C(=O)[C@@H]1CNC[C@H]1c1ccccc1Br. The van der Waals surface area contributed by atoms with E-state index in [1.807, 2.05) is 6.07 Å². The van der Waals surface area contributed by atoms with Gasteiger partial charge in [0.05, 0.1) is 18.5 Å². The van der Waals surface area contributed by atoms with E-state index in [1.54, 1.807) is 0 Å². The van der Waals surface area contributed by atoms with Crippen molar-refractivity contribution in [1.82, 2.24) is 5.32 Å². The van der Waals surface area contributed by atoms with Gasteiger partial charge in [0, 0.05) is 36.3 Å². The fourth-order valence-corrected chi connectivity index (χ4v) is 5.53. The normalized spacial score (nSPS) is 31.0. The van der Waals surface area contributed by atoms with E-state index >= 15 is 0 Å². The van der Waals surface area contributed by atoms with E-state index in [4.69, 9.17) is 0 Å². The zero-order valence-corrected chi connectivity index (χ0v) is 17.4. The highest BCUT2D eigenvalue weighted by Crippen LogP contribution is 2.33. The van der Waals surface area contributed by atoms with Crippen LogP contribution in [-0.2, 0) is 4.79 Å². The van der Waals surface area contributed by atoms with Crippen LogP contribution >= 0.6 is 15.9 Å². The zero-order valence-electron chi connectivity index (χ0n) is 15.8. The van der Waals surface area contributed by atoms with Gasteiger partial charge in [0.2, 0.25) is 0 Å². The predicted molar refractivity (Wildman–Crippen MR) is 112 cm³/mol. The van der Waals surface area contributed by atoms with Gasteiger partial charge in [-0.15, -0.1) is 0 Å². The maximum absolute atomic E-state index is 13.5. The van der Waals surface area contributed by atoms with Crippen LogP contribution in [0.2, 0.25) is 0 Å². The zero-order chi connectivity index (χ0) is 18.8. The third-order valence-corrected chi connectivity index (χ3v) is 7.16. The number of likely N-dealkylation sites (tertiary alicyclic amines) is 1. The number of nitrogens with one attached hydrogen (secondary N) is 2. The fraction of sp³-hybridized carbons (Fsp3) is 0.435. The first-order chi connectivity index (χ1) is 13.1. The summed E-state index contributed by atoms with van der Waals surface area (Å²) in [6.45, 7) is 4.87. The van der Waals surface area contributed by atoms with E-state index in [1.165, 1.54) is 16.0 Å². The number of benzene rings is 2. The van der Waals surface area contributed by atoms with E-state index in [0.29, 0.717) is 17.9 Å². The Hall–Kier alpha value is -1.49. The summed E-state index contributed by atoms with van der Waals surface area (Å²) in [5.41, 5.74) is 2.68. The monoisotopic (exact) mass is 427 g/mol. The Bertz CT molecular complexity index is 794. The number of carbonyl (C=O) groups is 1. The Morgan fingerprint density at radius 1 is 1.07 bits per heavy atom. The van der Waals surface area contributed by atoms with Crippen LogP contribution in [0.25, 0.3) is 0 Å². The molecule has 0 aliphatic carbocycles. The Morgan fingerprint density at radius 2 is 1.81 bits per heavy atom. The van der Waals surface area contributed by atoms with Gasteiger partial charge < -0.3 is 5.32 Å². The highest BCUT2D eigenvalue weighted by atomic mass is 79.9. The molecule has 27 heavy (non-hydrogen) atoms. The largest absolute Gasteiger partial charge is 0.317 e. The van der Waals surface area contributed by atoms with Gasteiger partial charge in [0.1, 0.15) is 0 Å². The van der Waals surface area contributed by atoms with Gasteiger partial charge in [-0.25, -0.2) is 4.79 Å². The number of hydrogen-bond acceptors (Lipinski definition) is 2. The standard InChI is InChI=1S/C23H27BrN2O/c1-16-13-18(17-7-3-2-4-8-17)11-12-26(16)23(27)21-15-25-14-20(21)19-9-5-6-10-22(19)24/h2-10,16,18,20-21,25H,11-15H2,1H3/p+1/t16-,18-,20-,21+/m0/s1. The van der Waals surface area contributed by atoms with Crippen LogP contribution in [0.5, 0.6) is 0 Å². The molecule has 0 radical (unpaired) electrons. The summed E-state index contributed by atoms with van der Waals surface area (Å²) in [4.78, 5) is 14.6. The first-order valence-corrected chi connectivity index (χ1v) is 10.8. The maximum atomic E-state index is 13.5. The summed E-state index contributed by atoms with van der Waals surface area (Å²) >= 11 is 3.68. The Kier molecular flexibility index (Phi) is 5.76.